The lowest BCUT2D eigenvalue weighted by Gasteiger charge is -2.13. The second-order valence-electron chi connectivity index (χ2n) is 7.99. The van der Waals surface area contributed by atoms with Crippen molar-refractivity contribution in [2.45, 2.75) is 26.0 Å². The fourth-order valence-electron chi connectivity index (χ4n) is 3.83. The summed E-state index contributed by atoms with van der Waals surface area (Å²) in [5.41, 5.74) is 2.67. The Hall–Kier alpha value is -3.27. The molecule has 0 bridgehead atoms. The van der Waals surface area contributed by atoms with E-state index in [4.69, 9.17) is 9.47 Å². The van der Waals surface area contributed by atoms with Crippen molar-refractivity contribution in [3.8, 4) is 5.75 Å². The van der Waals surface area contributed by atoms with Crippen LogP contribution in [0.15, 0.2) is 76.0 Å². The van der Waals surface area contributed by atoms with Crippen molar-refractivity contribution in [2.24, 2.45) is 0 Å². The molecule has 1 atom stereocenters. The van der Waals surface area contributed by atoms with Crippen LogP contribution in [0.4, 0.5) is 0 Å². The van der Waals surface area contributed by atoms with Gasteiger partial charge in [-0.3, -0.25) is 14.2 Å². The number of hydrogen-bond donors (Lipinski definition) is 1. The molecule has 0 saturated heterocycles. The van der Waals surface area contributed by atoms with Gasteiger partial charge in [-0.25, -0.2) is 4.79 Å². The van der Waals surface area contributed by atoms with Crippen molar-refractivity contribution in [2.75, 3.05) is 13.2 Å². The van der Waals surface area contributed by atoms with Crippen molar-refractivity contribution in [3.63, 3.8) is 0 Å². The third kappa shape index (κ3) is 5.92. The molecule has 0 fully saturated rings. The number of fused-ring (bicyclic) bond motifs is 1. The van der Waals surface area contributed by atoms with Gasteiger partial charge < -0.3 is 14.6 Å². The maximum Gasteiger partial charge on any atom is 0.333 e. The lowest BCUT2D eigenvalue weighted by atomic mass is 10.0. The first kappa shape index (κ1) is 25.8. The second-order valence-corrected chi connectivity index (χ2v) is 9.84. The lowest BCUT2D eigenvalue weighted by Crippen LogP contribution is -2.26. The average molecular weight is 570 g/mol. The first-order chi connectivity index (χ1) is 17.4. The highest BCUT2D eigenvalue weighted by atomic mass is 79.9. The van der Waals surface area contributed by atoms with E-state index in [0.29, 0.717) is 30.0 Å². The van der Waals surface area contributed by atoms with Gasteiger partial charge in [0.2, 0.25) is 0 Å². The zero-order valence-corrected chi connectivity index (χ0v) is 21.9. The number of carbonyl (C=O) groups is 2. The van der Waals surface area contributed by atoms with Gasteiger partial charge in [0.1, 0.15) is 12.4 Å². The Morgan fingerprint density at radius 2 is 1.83 bits per heavy atom. The van der Waals surface area contributed by atoms with Gasteiger partial charge in [-0.1, -0.05) is 51.5 Å². The molecule has 4 rings (SSSR count). The Morgan fingerprint density at radius 3 is 2.53 bits per heavy atom. The third-order valence-electron chi connectivity index (χ3n) is 5.62. The summed E-state index contributed by atoms with van der Waals surface area (Å²) < 4.78 is 14.2. The SMILES string of the molecule is CCOC(Cc1ccc(OCCn2c(=O)sc3cc(C(=O)c4ccccc4Br)ccc32)cc1)C(=O)O. The van der Waals surface area contributed by atoms with Gasteiger partial charge >= 0.3 is 10.8 Å². The summed E-state index contributed by atoms with van der Waals surface area (Å²) in [5.74, 6) is -0.481. The zero-order chi connectivity index (χ0) is 25.7. The maximum absolute atomic E-state index is 12.9. The van der Waals surface area contributed by atoms with Gasteiger partial charge in [0.25, 0.3) is 0 Å². The van der Waals surface area contributed by atoms with Crippen LogP contribution in [-0.4, -0.2) is 40.7 Å². The molecule has 7 nitrogen and oxygen atoms in total. The van der Waals surface area contributed by atoms with Crippen LogP contribution < -0.4 is 9.61 Å². The predicted octanol–water partition coefficient (Wildman–Crippen LogP) is 5.17. The van der Waals surface area contributed by atoms with Crippen LogP contribution in [-0.2, 0) is 22.5 Å². The molecule has 0 radical (unpaired) electrons. The van der Waals surface area contributed by atoms with Crippen LogP contribution in [0, 0.1) is 0 Å². The fraction of sp³-hybridized carbons (Fsp3) is 0.222. The molecule has 0 aliphatic heterocycles. The molecule has 36 heavy (non-hydrogen) atoms. The minimum absolute atomic E-state index is 0.112. The number of ether oxygens (including phenoxy) is 2. The summed E-state index contributed by atoms with van der Waals surface area (Å²) in [7, 11) is 0. The summed E-state index contributed by atoms with van der Waals surface area (Å²) >= 11 is 4.52. The highest BCUT2D eigenvalue weighted by Crippen LogP contribution is 2.24. The number of halogens is 1. The molecule has 1 N–H and O–H groups in total. The topological polar surface area (TPSA) is 94.8 Å². The van der Waals surface area contributed by atoms with Gasteiger partial charge in [-0.05, 0) is 55.0 Å². The number of aromatic nitrogens is 1. The van der Waals surface area contributed by atoms with Crippen LogP contribution in [0.25, 0.3) is 10.2 Å². The van der Waals surface area contributed by atoms with Crippen LogP contribution >= 0.6 is 27.3 Å². The molecule has 1 heterocycles. The number of carboxylic acid groups (broad SMARTS) is 1. The molecule has 0 saturated carbocycles. The summed E-state index contributed by atoms with van der Waals surface area (Å²) in [6, 6.07) is 19.7. The number of ketones is 1. The van der Waals surface area contributed by atoms with E-state index in [9.17, 15) is 19.5 Å². The summed E-state index contributed by atoms with van der Waals surface area (Å²) in [6.07, 6.45) is -0.614. The standard InChI is InChI=1S/C27H24BrNO6S/c1-2-34-23(26(31)32)15-17-7-10-19(11-8-17)35-14-13-29-22-12-9-18(16-24(22)36-27(29)33)25(30)20-5-3-4-6-21(20)28/h3-12,16,23H,2,13-15H2,1H3,(H,31,32). The van der Waals surface area contributed by atoms with E-state index < -0.39 is 12.1 Å². The number of thiazole rings is 1. The van der Waals surface area contributed by atoms with Crippen molar-refractivity contribution < 1.29 is 24.2 Å². The third-order valence-corrected chi connectivity index (χ3v) is 7.25. The minimum atomic E-state index is -0.991. The molecule has 0 spiro atoms. The minimum Gasteiger partial charge on any atom is -0.492 e. The Balaban J connectivity index is 1.41. The summed E-state index contributed by atoms with van der Waals surface area (Å²) in [4.78, 5) is 36.7. The summed E-state index contributed by atoms with van der Waals surface area (Å²) in [6.45, 7) is 2.72. The van der Waals surface area contributed by atoms with E-state index in [0.717, 1.165) is 31.6 Å². The molecule has 186 valence electrons. The molecular formula is C27H24BrNO6S. The molecule has 3 aromatic carbocycles. The van der Waals surface area contributed by atoms with E-state index in [2.05, 4.69) is 15.9 Å². The van der Waals surface area contributed by atoms with Gasteiger partial charge in [-0.15, -0.1) is 0 Å². The largest absolute Gasteiger partial charge is 0.492 e. The Morgan fingerprint density at radius 1 is 1.08 bits per heavy atom. The van der Waals surface area contributed by atoms with Crippen LogP contribution in [0.5, 0.6) is 5.75 Å². The monoisotopic (exact) mass is 569 g/mol. The number of aliphatic carboxylic acids is 1. The number of hydrogen-bond acceptors (Lipinski definition) is 6. The molecule has 0 aliphatic carbocycles. The number of carbonyl (C=O) groups excluding carboxylic acids is 1. The van der Waals surface area contributed by atoms with Crippen molar-refractivity contribution >= 4 is 49.2 Å². The highest BCUT2D eigenvalue weighted by molar-refractivity contribution is 9.10. The van der Waals surface area contributed by atoms with E-state index in [1.807, 2.05) is 18.2 Å². The van der Waals surface area contributed by atoms with Crippen LogP contribution in [0.3, 0.4) is 0 Å². The van der Waals surface area contributed by atoms with Crippen molar-refractivity contribution in [3.05, 3.63) is 97.6 Å². The van der Waals surface area contributed by atoms with E-state index in [1.165, 1.54) is 0 Å². The van der Waals surface area contributed by atoms with Crippen molar-refractivity contribution in [1.82, 2.24) is 4.57 Å². The quantitative estimate of drug-likeness (QED) is 0.250. The Bertz CT molecular complexity index is 1440. The Labute approximate surface area is 220 Å². The summed E-state index contributed by atoms with van der Waals surface area (Å²) in [5, 5.41) is 9.23. The molecule has 1 aromatic heterocycles. The average Bonchev–Trinajstić information content (AvgIpc) is 3.18. The number of benzene rings is 3. The van der Waals surface area contributed by atoms with Gasteiger partial charge in [0.15, 0.2) is 11.9 Å². The molecule has 9 heteroatoms. The smallest absolute Gasteiger partial charge is 0.333 e. The maximum atomic E-state index is 12.9. The second kappa shape index (κ2) is 11.6. The predicted molar refractivity (Wildman–Crippen MR) is 142 cm³/mol. The highest BCUT2D eigenvalue weighted by Gasteiger charge is 2.18. The number of nitrogens with zero attached hydrogens (tertiary/aromatic N) is 1. The molecule has 0 amide bonds. The zero-order valence-electron chi connectivity index (χ0n) is 19.5. The normalized spacial score (nSPS) is 11.9. The molecular weight excluding hydrogens is 546 g/mol. The van der Waals surface area contributed by atoms with E-state index in [-0.39, 0.29) is 23.7 Å². The van der Waals surface area contributed by atoms with Crippen LogP contribution in [0.1, 0.15) is 28.4 Å². The lowest BCUT2D eigenvalue weighted by molar-refractivity contribution is -0.149. The molecule has 0 aliphatic rings. The van der Waals surface area contributed by atoms with Gasteiger partial charge in [0.05, 0.1) is 16.8 Å². The fourth-order valence-corrected chi connectivity index (χ4v) is 5.25. The van der Waals surface area contributed by atoms with Crippen LogP contribution in [0.2, 0.25) is 0 Å². The Kier molecular flexibility index (Phi) is 8.35. The van der Waals surface area contributed by atoms with Gasteiger partial charge in [-0.2, -0.15) is 0 Å². The molecule has 1 unspecified atom stereocenters. The molecule has 4 aromatic rings. The van der Waals surface area contributed by atoms with Gasteiger partial charge in [0, 0.05) is 28.6 Å². The van der Waals surface area contributed by atoms with Crippen molar-refractivity contribution in [1.29, 1.82) is 0 Å². The number of rotatable bonds is 11. The van der Waals surface area contributed by atoms with E-state index in [1.54, 1.807) is 60.0 Å². The number of carboxylic acids is 1. The first-order valence-electron chi connectivity index (χ1n) is 11.4. The first-order valence-corrected chi connectivity index (χ1v) is 13.0. The van der Waals surface area contributed by atoms with E-state index >= 15 is 0 Å².